The molecule has 4 fully saturated rings. The SMILES string of the molecule is O=C1NC2CC3CC1C[C@H](C3)C2. The van der Waals surface area contributed by atoms with Crippen LogP contribution in [0.15, 0.2) is 0 Å². The fourth-order valence-corrected chi connectivity index (χ4v) is 3.50. The van der Waals surface area contributed by atoms with Crippen molar-refractivity contribution in [3.8, 4) is 0 Å². The van der Waals surface area contributed by atoms with E-state index in [-0.39, 0.29) is 0 Å². The standard InChI is InChI=1S/C10H15NO/c12-10-8-2-6-1-7(3-8)5-9(4-6)11-10/h6-9H,1-5H2,(H,11,12)/t6-,7?,8?,9?/m0/s1. The summed E-state index contributed by atoms with van der Waals surface area (Å²) in [6.07, 6.45) is 6.29. The van der Waals surface area contributed by atoms with Gasteiger partial charge in [0, 0.05) is 12.0 Å². The minimum Gasteiger partial charge on any atom is -0.353 e. The Bertz CT molecular complexity index is 212. The van der Waals surface area contributed by atoms with Crippen molar-refractivity contribution >= 4 is 5.91 Å². The van der Waals surface area contributed by atoms with E-state index in [4.69, 9.17) is 0 Å². The molecule has 0 aromatic carbocycles. The minimum absolute atomic E-state index is 0.352. The van der Waals surface area contributed by atoms with Gasteiger partial charge in [0.1, 0.15) is 0 Å². The average Bonchev–Trinajstić information content (AvgIpc) is 2.16. The van der Waals surface area contributed by atoms with Crippen molar-refractivity contribution in [2.45, 2.75) is 38.1 Å². The highest BCUT2D eigenvalue weighted by molar-refractivity contribution is 5.79. The molecule has 12 heavy (non-hydrogen) atoms. The molecule has 0 aromatic rings. The molecule has 4 aliphatic rings. The van der Waals surface area contributed by atoms with Crippen LogP contribution in [-0.2, 0) is 4.79 Å². The van der Waals surface area contributed by atoms with E-state index in [2.05, 4.69) is 5.32 Å². The number of carbonyl (C=O) groups is 1. The van der Waals surface area contributed by atoms with E-state index >= 15 is 0 Å². The zero-order chi connectivity index (χ0) is 8.13. The van der Waals surface area contributed by atoms with E-state index in [0.717, 1.165) is 11.8 Å². The first kappa shape index (κ1) is 6.93. The van der Waals surface area contributed by atoms with Crippen molar-refractivity contribution in [2.75, 3.05) is 0 Å². The second kappa shape index (κ2) is 2.24. The van der Waals surface area contributed by atoms with Gasteiger partial charge in [-0.15, -0.1) is 0 Å². The topological polar surface area (TPSA) is 29.1 Å². The quantitative estimate of drug-likeness (QED) is 0.576. The zero-order valence-corrected chi connectivity index (χ0v) is 7.25. The predicted molar refractivity (Wildman–Crippen MR) is 45.5 cm³/mol. The maximum Gasteiger partial charge on any atom is 0.223 e. The lowest BCUT2D eigenvalue weighted by atomic mass is 9.68. The third kappa shape index (κ3) is 0.900. The summed E-state index contributed by atoms with van der Waals surface area (Å²) in [5.74, 6) is 2.46. The summed E-state index contributed by atoms with van der Waals surface area (Å²) in [4.78, 5) is 11.6. The number of nitrogens with one attached hydrogen (secondary N) is 1. The molecule has 4 atom stereocenters. The van der Waals surface area contributed by atoms with Crippen LogP contribution in [0.1, 0.15) is 32.1 Å². The third-order valence-electron chi connectivity index (χ3n) is 3.86. The molecular formula is C10H15NO. The lowest BCUT2D eigenvalue weighted by Crippen LogP contribution is -2.35. The maximum atomic E-state index is 11.6. The van der Waals surface area contributed by atoms with Gasteiger partial charge in [-0.25, -0.2) is 0 Å². The summed E-state index contributed by atoms with van der Waals surface area (Å²) in [5, 5.41) is 3.16. The molecule has 4 rings (SSSR count). The third-order valence-corrected chi connectivity index (χ3v) is 3.86. The number of carbonyl (C=O) groups excluding carboxylic acids is 1. The first-order chi connectivity index (χ1) is 5.81. The van der Waals surface area contributed by atoms with E-state index in [9.17, 15) is 4.79 Å². The van der Waals surface area contributed by atoms with Crippen LogP contribution in [-0.4, -0.2) is 11.9 Å². The fourth-order valence-electron chi connectivity index (χ4n) is 3.50. The zero-order valence-electron chi connectivity index (χ0n) is 7.25. The lowest BCUT2D eigenvalue weighted by Gasteiger charge is -2.36. The first-order valence-corrected chi connectivity index (χ1v) is 5.11. The first-order valence-electron chi connectivity index (χ1n) is 5.11. The van der Waals surface area contributed by atoms with Crippen LogP contribution in [0, 0.1) is 17.8 Å². The molecule has 1 N–H and O–H groups in total. The number of amides is 1. The molecule has 3 unspecified atom stereocenters. The number of hydrogen-bond acceptors (Lipinski definition) is 1. The number of rotatable bonds is 0. The van der Waals surface area contributed by atoms with Crippen molar-refractivity contribution in [3.05, 3.63) is 0 Å². The second-order valence-electron chi connectivity index (χ2n) is 4.81. The van der Waals surface area contributed by atoms with E-state index in [0.29, 0.717) is 17.9 Å². The minimum atomic E-state index is 0.352. The van der Waals surface area contributed by atoms with E-state index < -0.39 is 0 Å². The highest BCUT2D eigenvalue weighted by atomic mass is 16.2. The molecule has 2 saturated carbocycles. The van der Waals surface area contributed by atoms with E-state index in [1.807, 2.05) is 0 Å². The predicted octanol–water partition coefficient (Wildman–Crippen LogP) is 1.31. The van der Waals surface area contributed by atoms with Gasteiger partial charge in [0.2, 0.25) is 5.91 Å². The van der Waals surface area contributed by atoms with Crippen molar-refractivity contribution in [3.63, 3.8) is 0 Å². The molecule has 2 aliphatic carbocycles. The van der Waals surface area contributed by atoms with Crippen LogP contribution >= 0.6 is 0 Å². The Morgan fingerprint density at radius 1 is 1.00 bits per heavy atom. The summed E-state index contributed by atoms with van der Waals surface area (Å²) in [6, 6.07) is 0.536. The molecule has 4 bridgehead atoms. The van der Waals surface area contributed by atoms with Crippen molar-refractivity contribution in [1.29, 1.82) is 0 Å². The Labute approximate surface area is 72.7 Å². The number of hydrogen-bond donors (Lipinski definition) is 1. The molecule has 2 heteroatoms. The fraction of sp³-hybridized carbons (Fsp3) is 0.900. The molecule has 2 heterocycles. The van der Waals surface area contributed by atoms with Gasteiger partial charge in [-0.2, -0.15) is 0 Å². The van der Waals surface area contributed by atoms with Crippen LogP contribution in [0.4, 0.5) is 0 Å². The molecule has 1 amide bonds. The second-order valence-corrected chi connectivity index (χ2v) is 4.81. The Morgan fingerprint density at radius 2 is 1.67 bits per heavy atom. The largest absolute Gasteiger partial charge is 0.353 e. The number of fused-ring (bicyclic) bond motifs is 1. The summed E-state index contributed by atoms with van der Waals surface area (Å²) in [7, 11) is 0. The van der Waals surface area contributed by atoms with Crippen LogP contribution in [0.5, 0.6) is 0 Å². The average molecular weight is 165 g/mol. The van der Waals surface area contributed by atoms with Gasteiger partial charge in [-0.1, -0.05) is 0 Å². The highest BCUT2D eigenvalue weighted by Crippen LogP contribution is 2.44. The molecule has 0 radical (unpaired) electrons. The van der Waals surface area contributed by atoms with Crippen LogP contribution < -0.4 is 5.32 Å². The van der Waals surface area contributed by atoms with Gasteiger partial charge < -0.3 is 5.32 Å². The molecule has 0 spiro atoms. The van der Waals surface area contributed by atoms with Gasteiger partial charge in [0.15, 0.2) is 0 Å². The van der Waals surface area contributed by atoms with Crippen molar-refractivity contribution in [1.82, 2.24) is 5.32 Å². The van der Waals surface area contributed by atoms with Gasteiger partial charge in [0.05, 0.1) is 0 Å². The smallest absolute Gasteiger partial charge is 0.223 e. The summed E-state index contributed by atoms with van der Waals surface area (Å²) >= 11 is 0. The molecule has 0 aromatic heterocycles. The van der Waals surface area contributed by atoms with Crippen molar-refractivity contribution < 1.29 is 4.79 Å². The molecule has 2 saturated heterocycles. The van der Waals surface area contributed by atoms with Crippen LogP contribution in [0.3, 0.4) is 0 Å². The molecule has 66 valence electrons. The molecule has 2 nitrogen and oxygen atoms in total. The normalized spacial score (nSPS) is 50.5. The maximum absolute atomic E-state index is 11.6. The van der Waals surface area contributed by atoms with Gasteiger partial charge in [0.25, 0.3) is 0 Å². The summed E-state index contributed by atoms with van der Waals surface area (Å²) in [6.45, 7) is 0. The molecular weight excluding hydrogens is 150 g/mol. The van der Waals surface area contributed by atoms with E-state index in [1.54, 1.807) is 0 Å². The Kier molecular flexibility index (Phi) is 1.29. The van der Waals surface area contributed by atoms with Crippen LogP contribution in [0.25, 0.3) is 0 Å². The molecule has 2 aliphatic heterocycles. The van der Waals surface area contributed by atoms with E-state index in [1.165, 1.54) is 32.1 Å². The van der Waals surface area contributed by atoms with Gasteiger partial charge in [-0.05, 0) is 43.9 Å². The van der Waals surface area contributed by atoms with Gasteiger partial charge >= 0.3 is 0 Å². The van der Waals surface area contributed by atoms with Gasteiger partial charge in [-0.3, -0.25) is 4.79 Å². The highest BCUT2D eigenvalue weighted by Gasteiger charge is 2.42. The van der Waals surface area contributed by atoms with Crippen molar-refractivity contribution in [2.24, 2.45) is 17.8 Å². The lowest BCUT2D eigenvalue weighted by molar-refractivity contribution is -0.125. The monoisotopic (exact) mass is 165 g/mol. The van der Waals surface area contributed by atoms with Crippen LogP contribution in [0.2, 0.25) is 0 Å². The summed E-state index contributed by atoms with van der Waals surface area (Å²) < 4.78 is 0. The Morgan fingerprint density at radius 3 is 2.33 bits per heavy atom. The summed E-state index contributed by atoms with van der Waals surface area (Å²) in [5.41, 5.74) is 0. The Balaban J connectivity index is 1.95. The Hall–Kier alpha value is -0.530.